The van der Waals surface area contributed by atoms with Crippen molar-refractivity contribution >= 4 is 28.8 Å². The van der Waals surface area contributed by atoms with Crippen molar-refractivity contribution in [1.82, 2.24) is 10.3 Å². The quantitative estimate of drug-likeness (QED) is 0.492. The van der Waals surface area contributed by atoms with Gasteiger partial charge in [-0.3, -0.25) is 4.79 Å². The topological polar surface area (TPSA) is 72.5 Å². The number of thiocarbonyl (C=S) groups is 1. The minimum Gasteiger partial charge on any atom is -0.483 e. The zero-order valence-corrected chi connectivity index (χ0v) is 18.1. The first kappa shape index (κ1) is 23.9. The highest BCUT2D eigenvalue weighted by Gasteiger charge is 2.31. The van der Waals surface area contributed by atoms with Gasteiger partial charge in [0.2, 0.25) is 0 Å². The second-order valence-electron chi connectivity index (χ2n) is 7.85. The third-order valence-corrected chi connectivity index (χ3v) is 4.86. The number of benzene rings is 1. The summed E-state index contributed by atoms with van der Waals surface area (Å²) in [4.78, 5) is 16.8. The van der Waals surface area contributed by atoms with Gasteiger partial charge in [0.25, 0.3) is 5.91 Å². The molecule has 2 N–H and O–H groups in total. The maximum Gasteiger partial charge on any atom is 0.422 e. The van der Waals surface area contributed by atoms with Crippen LogP contribution in [0.15, 0.2) is 36.5 Å². The van der Waals surface area contributed by atoms with E-state index < -0.39 is 36.2 Å². The predicted octanol–water partition coefficient (Wildman–Crippen LogP) is 4.57. The van der Waals surface area contributed by atoms with Gasteiger partial charge in [-0.2, -0.15) is 13.2 Å². The Hall–Kier alpha value is -2.79. The maximum atomic E-state index is 14.6. The zero-order valence-electron chi connectivity index (χ0n) is 17.3. The second-order valence-corrected chi connectivity index (χ2v) is 8.34. The van der Waals surface area contributed by atoms with Crippen molar-refractivity contribution in [2.24, 2.45) is 0 Å². The van der Waals surface area contributed by atoms with Crippen molar-refractivity contribution in [3.63, 3.8) is 0 Å². The summed E-state index contributed by atoms with van der Waals surface area (Å²) in [6, 6.07) is 6.11. The van der Waals surface area contributed by atoms with E-state index >= 15 is 0 Å². The molecule has 2 heterocycles. The molecular formula is C21H21F4N3O3S. The Morgan fingerprint density at radius 3 is 2.75 bits per heavy atom. The normalized spacial score (nSPS) is 18.4. The predicted molar refractivity (Wildman–Crippen MR) is 113 cm³/mol. The molecule has 0 saturated carbocycles. The third kappa shape index (κ3) is 6.60. The molecule has 6 nitrogen and oxygen atoms in total. The molecule has 1 unspecified atom stereocenters. The number of aromatic nitrogens is 1. The second kappa shape index (κ2) is 9.37. The number of amides is 1. The van der Waals surface area contributed by atoms with Crippen LogP contribution < -0.4 is 15.4 Å². The number of anilines is 1. The molecule has 1 saturated heterocycles. The number of carbonyl (C=O) groups excluding carboxylic acids is 1. The largest absolute Gasteiger partial charge is 0.483 e. The Labute approximate surface area is 187 Å². The highest BCUT2D eigenvalue weighted by atomic mass is 32.1. The van der Waals surface area contributed by atoms with Crippen LogP contribution in [-0.2, 0) is 4.74 Å². The summed E-state index contributed by atoms with van der Waals surface area (Å²) in [5.41, 5.74) is 0.0523. The van der Waals surface area contributed by atoms with E-state index in [0.29, 0.717) is 22.7 Å². The van der Waals surface area contributed by atoms with E-state index in [9.17, 15) is 22.4 Å². The van der Waals surface area contributed by atoms with Crippen molar-refractivity contribution in [3.8, 4) is 5.75 Å². The van der Waals surface area contributed by atoms with Gasteiger partial charge < -0.3 is 20.1 Å². The van der Waals surface area contributed by atoms with Crippen molar-refractivity contribution in [1.29, 1.82) is 0 Å². The minimum atomic E-state index is -4.48. The lowest BCUT2D eigenvalue weighted by Gasteiger charge is -2.26. The minimum absolute atomic E-state index is 0.0430. The van der Waals surface area contributed by atoms with Crippen molar-refractivity contribution in [2.75, 3.05) is 18.5 Å². The summed E-state index contributed by atoms with van der Waals surface area (Å²) in [5, 5.41) is 5.69. The van der Waals surface area contributed by atoms with Crippen LogP contribution in [0.1, 0.15) is 42.4 Å². The molecule has 2 aromatic rings. The SMILES string of the molecule is CC1(C)CC(c2cc(NC(=O)c3ccc(OCC(F)(F)F)cn3)ccc2F)NC(=S)CO1. The summed E-state index contributed by atoms with van der Waals surface area (Å²) in [7, 11) is 0. The first-order valence-electron chi connectivity index (χ1n) is 9.62. The van der Waals surface area contributed by atoms with Crippen LogP contribution in [0.2, 0.25) is 0 Å². The van der Waals surface area contributed by atoms with E-state index in [-0.39, 0.29) is 18.1 Å². The molecule has 0 spiro atoms. The van der Waals surface area contributed by atoms with Gasteiger partial charge in [-0.25, -0.2) is 9.37 Å². The Morgan fingerprint density at radius 2 is 2.09 bits per heavy atom. The number of nitrogens with zero attached hydrogens (tertiary/aromatic N) is 1. The summed E-state index contributed by atoms with van der Waals surface area (Å²) < 4.78 is 61.5. The Kier molecular flexibility index (Phi) is 6.99. The highest BCUT2D eigenvalue weighted by molar-refractivity contribution is 7.80. The number of hydrogen-bond donors (Lipinski definition) is 2. The average molecular weight is 471 g/mol. The molecule has 1 aliphatic rings. The van der Waals surface area contributed by atoms with Crippen LogP contribution in [-0.4, -0.2) is 40.9 Å². The molecule has 1 aromatic heterocycles. The van der Waals surface area contributed by atoms with Gasteiger partial charge >= 0.3 is 6.18 Å². The molecule has 3 rings (SSSR count). The van der Waals surface area contributed by atoms with Crippen molar-refractivity contribution < 1.29 is 31.8 Å². The fourth-order valence-corrected chi connectivity index (χ4v) is 3.34. The number of hydrogen-bond acceptors (Lipinski definition) is 5. The average Bonchev–Trinajstić information content (AvgIpc) is 2.85. The van der Waals surface area contributed by atoms with Crippen molar-refractivity contribution in [2.45, 2.75) is 38.1 Å². The summed E-state index contributed by atoms with van der Waals surface area (Å²) in [6.45, 7) is 2.53. The molecule has 0 bridgehead atoms. The molecule has 0 radical (unpaired) electrons. The van der Waals surface area contributed by atoms with Gasteiger partial charge in [0, 0.05) is 17.7 Å². The van der Waals surface area contributed by atoms with Gasteiger partial charge in [-0.15, -0.1) is 0 Å². The van der Waals surface area contributed by atoms with Crippen molar-refractivity contribution in [3.05, 3.63) is 53.6 Å². The molecule has 0 aliphatic carbocycles. The van der Waals surface area contributed by atoms with E-state index in [4.69, 9.17) is 17.0 Å². The van der Waals surface area contributed by atoms with Gasteiger partial charge in [0.05, 0.1) is 24.4 Å². The fourth-order valence-electron chi connectivity index (χ4n) is 3.13. The summed E-state index contributed by atoms with van der Waals surface area (Å²) in [5.74, 6) is -1.20. The number of pyridine rings is 1. The first-order chi connectivity index (χ1) is 14.9. The van der Waals surface area contributed by atoms with E-state index in [1.54, 1.807) is 0 Å². The molecule has 1 aromatic carbocycles. The molecule has 1 amide bonds. The molecule has 172 valence electrons. The highest BCUT2D eigenvalue weighted by Crippen LogP contribution is 2.32. The van der Waals surface area contributed by atoms with Crippen LogP contribution in [0.3, 0.4) is 0 Å². The van der Waals surface area contributed by atoms with Crippen LogP contribution in [0.25, 0.3) is 0 Å². The Morgan fingerprint density at radius 1 is 1.34 bits per heavy atom. The van der Waals surface area contributed by atoms with Crippen LogP contribution in [0.5, 0.6) is 5.75 Å². The number of rotatable bonds is 5. The van der Waals surface area contributed by atoms with E-state index in [1.165, 1.54) is 30.3 Å². The Balaban J connectivity index is 1.72. The molecule has 1 fully saturated rings. The smallest absolute Gasteiger partial charge is 0.422 e. The zero-order chi connectivity index (χ0) is 23.5. The van der Waals surface area contributed by atoms with E-state index in [2.05, 4.69) is 20.4 Å². The fraction of sp³-hybridized carbons (Fsp3) is 0.381. The standard InChI is InChI=1S/C21H21F4N3O3S/c1-20(2)8-17(28-18(32)10-31-20)14-7-12(3-5-15(14)22)27-19(29)16-6-4-13(9-26-16)30-11-21(23,24)25/h3-7,9,17H,8,10-11H2,1-2H3,(H,27,29)(H,28,32). The van der Waals surface area contributed by atoms with Gasteiger partial charge in [-0.05, 0) is 44.2 Å². The van der Waals surface area contributed by atoms with Gasteiger partial charge in [0.1, 0.15) is 22.2 Å². The Bertz CT molecular complexity index is 997. The van der Waals surface area contributed by atoms with Gasteiger partial charge in [0.15, 0.2) is 6.61 Å². The first-order valence-corrected chi connectivity index (χ1v) is 10.0. The third-order valence-electron chi connectivity index (χ3n) is 4.63. The molecule has 11 heteroatoms. The number of alkyl halides is 3. The lowest BCUT2D eigenvalue weighted by molar-refractivity contribution is -0.153. The number of carbonyl (C=O) groups is 1. The van der Waals surface area contributed by atoms with E-state index in [0.717, 1.165) is 6.20 Å². The lowest BCUT2D eigenvalue weighted by atomic mass is 9.93. The van der Waals surface area contributed by atoms with Crippen LogP contribution in [0, 0.1) is 5.82 Å². The monoisotopic (exact) mass is 471 g/mol. The van der Waals surface area contributed by atoms with Crippen LogP contribution >= 0.6 is 12.2 Å². The number of ether oxygens (including phenoxy) is 2. The number of nitrogens with one attached hydrogen (secondary N) is 2. The lowest BCUT2D eigenvalue weighted by Crippen LogP contribution is -2.29. The number of halogens is 4. The summed E-state index contributed by atoms with van der Waals surface area (Å²) >= 11 is 5.22. The van der Waals surface area contributed by atoms with E-state index in [1.807, 2.05) is 13.8 Å². The molecule has 1 aliphatic heterocycles. The molecule has 32 heavy (non-hydrogen) atoms. The van der Waals surface area contributed by atoms with Gasteiger partial charge in [-0.1, -0.05) is 12.2 Å². The van der Waals surface area contributed by atoms with Crippen LogP contribution in [0.4, 0.5) is 23.2 Å². The molecule has 1 atom stereocenters. The summed E-state index contributed by atoms with van der Waals surface area (Å²) in [6.07, 6.45) is -3.01. The maximum absolute atomic E-state index is 14.6. The molecular weight excluding hydrogens is 450 g/mol.